The van der Waals surface area contributed by atoms with Crippen molar-refractivity contribution in [2.24, 2.45) is 0 Å². The van der Waals surface area contributed by atoms with Crippen molar-refractivity contribution in [3.8, 4) is 0 Å². The van der Waals surface area contributed by atoms with E-state index in [1.165, 1.54) is 0 Å². The molecule has 0 radical (unpaired) electrons. The molecule has 1 aliphatic carbocycles. The number of carboxylic acids is 1. The number of aromatic carboxylic acids is 1. The molecule has 0 aliphatic heterocycles. The highest BCUT2D eigenvalue weighted by Gasteiger charge is 2.21. The molecule has 0 saturated heterocycles. The van der Waals surface area contributed by atoms with Gasteiger partial charge in [0.05, 0.1) is 12.6 Å². The molecule has 0 bridgehead atoms. The van der Waals surface area contributed by atoms with Crippen LogP contribution in [-0.2, 0) is 0 Å². The summed E-state index contributed by atoms with van der Waals surface area (Å²) in [4.78, 5) is 22.5. The lowest BCUT2D eigenvalue weighted by Crippen LogP contribution is -2.25. The fourth-order valence-electron chi connectivity index (χ4n) is 2.30. The number of carboxylic acid groups (broad SMARTS) is 1. The Morgan fingerprint density at radius 1 is 1.41 bits per heavy atom. The number of pyridine rings is 1. The summed E-state index contributed by atoms with van der Waals surface area (Å²) in [5, 5.41) is 18.7. The SMILES string of the molecule is [2H]c1c(C(=O)O)cc(=O)n(O)c1C1CCCCC1. The highest BCUT2D eigenvalue weighted by molar-refractivity contribution is 5.87. The van der Waals surface area contributed by atoms with E-state index in [1.54, 1.807) is 0 Å². The molecule has 92 valence electrons. The summed E-state index contributed by atoms with van der Waals surface area (Å²) in [6.07, 6.45) is 4.58. The lowest BCUT2D eigenvalue weighted by atomic mass is 9.86. The Kier molecular flexibility index (Phi) is 2.81. The Morgan fingerprint density at radius 3 is 2.65 bits per heavy atom. The molecule has 1 aromatic rings. The molecule has 0 atom stereocenters. The van der Waals surface area contributed by atoms with Crippen LogP contribution in [0.4, 0.5) is 0 Å². The van der Waals surface area contributed by atoms with E-state index in [1.807, 2.05) is 0 Å². The predicted octanol–water partition coefficient (Wildman–Crippen LogP) is 1.83. The zero-order valence-electron chi connectivity index (χ0n) is 10.3. The molecule has 1 aliphatic rings. The maximum Gasteiger partial charge on any atom is 0.335 e. The number of hydrogen-bond donors (Lipinski definition) is 2. The van der Waals surface area contributed by atoms with Gasteiger partial charge in [-0.1, -0.05) is 19.3 Å². The van der Waals surface area contributed by atoms with Crippen molar-refractivity contribution in [2.45, 2.75) is 38.0 Å². The van der Waals surface area contributed by atoms with Gasteiger partial charge in [0.1, 0.15) is 0 Å². The van der Waals surface area contributed by atoms with Crippen LogP contribution in [0.5, 0.6) is 0 Å². The molecule has 1 heterocycles. The molecule has 2 rings (SSSR count). The van der Waals surface area contributed by atoms with Gasteiger partial charge in [0.25, 0.3) is 5.56 Å². The van der Waals surface area contributed by atoms with Gasteiger partial charge in [-0.3, -0.25) is 4.79 Å². The zero-order valence-corrected chi connectivity index (χ0v) is 9.35. The monoisotopic (exact) mass is 238 g/mol. The molecule has 5 nitrogen and oxygen atoms in total. The molecule has 0 unspecified atom stereocenters. The Bertz CT molecular complexity index is 532. The van der Waals surface area contributed by atoms with Crippen LogP contribution >= 0.6 is 0 Å². The van der Waals surface area contributed by atoms with Crippen LogP contribution in [0.1, 0.15) is 55.4 Å². The summed E-state index contributed by atoms with van der Waals surface area (Å²) in [6.45, 7) is 0. The smallest absolute Gasteiger partial charge is 0.335 e. The molecule has 2 N–H and O–H groups in total. The van der Waals surface area contributed by atoms with Crippen molar-refractivity contribution in [3.05, 3.63) is 33.7 Å². The summed E-state index contributed by atoms with van der Waals surface area (Å²) in [6, 6.07) is 0.535. The van der Waals surface area contributed by atoms with Crippen LogP contribution in [0.25, 0.3) is 0 Å². The van der Waals surface area contributed by atoms with E-state index in [9.17, 15) is 14.8 Å². The third-order valence-corrected chi connectivity index (χ3v) is 3.19. The average Bonchev–Trinajstić information content (AvgIpc) is 2.35. The van der Waals surface area contributed by atoms with Gasteiger partial charge in [0, 0.05) is 12.0 Å². The maximum atomic E-state index is 11.5. The van der Waals surface area contributed by atoms with Crippen LogP contribution in [0, 0.1) is 0 Å². The van der Waals surface area contributed by atoms with E-state index in [0.717, 1.165) is 38.2 Å². The molecular formula is C12H15NO4. The Hall–Kier alpha value is -1.78. The normalized spacial score (nSPS) is 17.8. The minimum Gasteiger partial charge on any atom is -0.478 e. The van der Waals surface area contributed by atoms with E-state index in [2.05, 4.69) is 0 Å². The third-order valence-electron chi connectivity index (χ3n) is 3.19. The second-order valence-electron chi connectivity index (χ2n) is 4.36. The van der Waals surface area contributed by atoms with Crippen molar-refractivity contribution in [1.29, 1.82) is 0 Å². The number of nitrogens with zero attached hydrogens (tertiary/aromatic N) is 1. The molecule has 17 heavy (non-hydrogen) atoms. The van der Waals surface area contributed by atoms with Crippen molar-refractivity contribution in [3.63, 3.8) is 0 Å². The highest BCUT2D eigenvalue weighted by Crippen LogP contribution is 2.31. The van der Waals surface area contributed by atoms with Crippen molar-refractivity contribution < 1.29 is 16.5 Å². The van der Waals surface area contributed by atoms with Crippen molar-refractivity contribution >= 4 is 5.97 Å². The lowest BCUT2D eigenvalue weighted by molar-refractivity contribution is 0.0695. The van der Waals surface area contributed by atoms with Gasteiger partial charge in [-0.25, -0.2) is 4.79 Å². The second-order valence-corrected chi connectivity index (χ2v) is 4.36. The van der Waals surface area contributed by atoms with Crippen LogP contribution in [0.2, 0.25) is 0 Å². The summed E-state index contributed by atoms with van der Waals surface area (Å²) in [7, 11) is 0. The number of rotatable bonds is 2. The first-order chi connectivity index (χ1) is 8.52. The second kappa shape index (κ2) is 4.61. The first-order valence-electron chi connectivity index (χ1n) is 6.21. The minimum absolute atomic E-state index is 0.108. The highest BCUT2D eigenvalue weighted by atomic mass is 16.5. The molecular weight excluding hydrogens is 222 g/mol. The van der Waals surface area contributed by atoms with Crippen molar-refractivity contribution in [1.82, 2.24) is 4.73 Å². The van der Waals surface area contributed by atoms with Gasteiger partial charge in [0.2, 0.25) is 0 Å². The molecule has 1 fully saturated rings. The first kappa shape index (κ1) is 10.4. The zero-order chi connectivity index (χ0) is 13.3. The fraction of sp³-hybridized carbons (Fsp3) is 0.500. The van der Waals surface area contributed by atoms with Gasteiger partial charge in [0.15, 0.2) is 0 Å². The molecule has 1 saturated carbocycles. The van der Waals surface area contributed by atoms with E-state index in [4.69, 9.17) is 6.48 Å². The van der Waals surface area contributed by atoms with E-state index in [-0.39, 0.29) is 23.2 Å². The molecule has 0 aromatic carbocycles. The number of hydrogen-bond acceptors (Lipinski definition) is 3. The average molecular weight is 238 g/mol. The van der Waals surface area contributed by atoms with Gasteiger partial charge in [-0.2, -0.15) is 4.73 Å². The quantitative estimate of drug-likeness (QED) is 0.770. The summed E-state index contributed by atoms with van der Waals surface area (Å²) < 4.78 is 8.29. The van der Waals surface area contributed by atoms with E-state index in [0.29, 0.717) is 4.73 Å². The topological polar surface area (TPSA) is 79.5 Å². The standard InChI is InChI=1S/C12H15NO4/c14-11-7-9(12(15)16)6-10(13(11)17)8-4-2-1-3-5-8/h6-8,17H,1-5H2,(H,15,16)/i6D. The fourth-order valence-corrected chi connectivity index (χ4v) is 2.30. The molecule has 0 amide bonds. The molecule has 1 aromatic heterocycles. The van der Waals surface area contributed by atoms with Crippen LogP contribution in [0.3, 0.4) is 0 Å². The molecule has 0 spiro atoms. The van der Waals surface area contributed by atoms with E-state index < -0.39 is 11.5 Å². The first-order valence-corrected chi connectivity index (χ1v) is 5.71. The van der Waals surface area contributed by atoms with Crippen LogP contribution in [-0.4, -0.2) is 21.0 Å². The van der Waals surface area contributed by atoms with Gasteiger partial charge < -0.3 is 10.3 Å². The third kappa shape index (κ3) is 2.33. The van der Waals surface area contributed by atoms with Crippen LogP contribution in [0.15, 0.2) is 16.9 Å². The Balaban J connectivity index is 2.57. The molecule has 5 heteroatoms. The number of aromatic nitrogens is 1. The maximum absolute atomic E-state index is 11.5. The largest absolute Gasteiger partial charge is 0.478 e. The van der Waals surface area contributed by atoms with Gasteiger partial charge in [-0.15, -0.1) is 0 Å². The Morgan fingerprint density at radius 2 is 2.06 bits per heavy atom. The van der Waals surface area contributed by atoms with E-state index >= 15 is 0 Å². The van der Waals surface area contributed by atoms with Crippen LogP contribution < -0.4 is 5.56 Å². The lowest BCUT2D eigenvalue weighted by Gasteiger charge is -2.22. The predicted molar refractivity (Wildman–Crippen MR) is 60.7 cm³/mol. The van der Waals surface area contributed by atoms with Gasteiger partial charge >= 0.3 is 5.97 Å². The summed E-state index contributed by atoms with van der Waals surface area (Å²) in [5.41, 5.74) is -0.991. The van der Waals surface area contributed by atoms with Crippen molar-refractivity contribution in [2.75, 3.05) is 0 Å². The summed E-state index contributed by atoms with van der Waals surface area (Å²) in [5.74, 6) is -1.42. The Labute approximate surface area is 99.7 Å². The summed E-state index contributed by atoms with van der Waals surface area (Å²) >= 11 is 0. The minimum atomic E-state index is -1.31. The van der Waals surface area contributed by atoms with Gasteiger partial charge in [-0.05, 0) is 18.9 Å². The number of carbonyl (C=O) groups is 1.